The molecule has 2 rings (SSSR count). The summed E-state index contributed by atoms with van der Waals surface area (Å²) in [4.78, 5) is 12.1. The van der Waals surface area contributed by atoms with Gasteiger partial charge in [-0.25, -0.2) is 0 Å². The predicted octanol–water partition coefficient (Wildman–Crippen LogP) is 4.20. The first-order chi connectivity index (χ1) is 11.0. The van der Waals surface area contributed by atoms with Crippen molar-refractivity contribution in [2.45, 2.75) is 26.8 Å². The van der Waals surface area contributed by atoms with Crippen molar-refractivity contribution in [1.29, 1.82) is 0 Å². The molecular formula is C20H23NO2. The van der Waals surface area contributed by atoms with Gasteiger partial charge in [0.25, 0.3) is 0 Å². The van der Waals surface area contributed by atoms with Gasteiger partial charge in [0.15, 0.2) is 0 Å². The summed E-state index contributed by atoms with van der Waals surface area (Å²) >= 11 is 0. The topological polar surface area (TPSA) is 38.3 Å². The van der Waals surface area contributed by atoms with Crippen molar-refractivity contribution in [3.8, 4) is 5.75 Å². The monoisotopic (exact) mass is 309 g/mol. The quantitative estimate of drug-likeness (QED) is 0.841. The van der Waals surface area contributed by atoms with Gasteiger partial charge in [-0.15, -0.1) is 0 Å². The molecule has 0 saturated carbocycles. The van der Waals surface area contributed by atoms with E-state index in [2.05, 4.69) is 37.4 Å². The Morgan fingerprint density at radius 2 is 1.91 bits per heavy atom. The van der Waals surface area contributed by atoms with Crippen LogP contribution >= 0.6 is 0 Å². The molecule has 23 heavy (non-hydrogen) atoms. The molecule has 0 spiro atoms. The Morgan fingerprint density at radius 3 is 2.61 bits per heavy atom. The SMILES string of the molecule is COc1ccccc1/C=C/C(=O)N[C@H](C)c1ccc(C)cc1C. The van der Waals surface area contributed by atoms with Gasteiger partial charge in [-0.3, -0.25) is 4.79 Å². The summed E-state index contributed by atoms with van der Waals surface area (Å²) in [6.07, 6.45) is 3.31. The van der Waals surface area contributed by atoms with Gasteiger partial charge in [0.05, 0.1) is 13.2 Å². The van der Waals surface area contributed by atoms with Gasteiger partial charge in [0.1, 0.15) is 5.75 Å². The molecule has 3 heteroatoms. The van der Waals surface area contributed by atoms with E-state index >= 15 is 0 Å². The number of hydrogen-bond donors (Lipinski definition) is 1. The van der Waals surface area contributed by atoms with Crippen molar-refractivity contribution < 1.29 is 9.53 Å². The van der Waals surface area contributed by atoms with Gasteiger partial charge in [-0.2, -0.15) is 0 Å². The van der Waals surface area contributed by atoms with Crippen LogP contribution in [0.5, 0.6) is 5.75 Å². The van der Waals surface area contributed by atoms with Crippen LogP contribution in [0.15, 0.2) is 48.5 Å². The van der Waals surface area contributed by atoms with Gasteiger partial charge in [-0.05, 0) is 44.0 Å². The van der Waals surface area contributed by atoms with Crippen molar-refractivity contribution >= 4 is 12.0 Å². The molecule has 1 amide bonds. The fraction of sp³-hybridized carbons (Fsp3) is 0.250. The smallest absolute Gasteiger partial charge is 0.244 e. The highest BCUT2D eigenvalue weighted by molar-refractivity contribution is 5.92. The van der Waals surface area contributed by atoms with Crippen LogP contribution in [0.1, 0.15) is 35.2 Å². The minimum absolute atomic E-state index is 0.0366. The lowest BCUT2D eigenvalue weighted by molar-refractivity contribution is -0.117. The van der Waals surface area contributed by atoms with E-state index in [4.69, 9.17) is 4.74 Å². The molecule has 0 radical (unpaired) electrons. The molecule has 0 aromatic heterocycles. The van der Waals surface area contributed by atoms with E-state index in [1.165, 1.54) is 17.2 Å². The van der Waals surface area contributed by atoms with Crippen LogP contribution in [0, 0.1) is 13.8 Å². The van der Waals surface area contributed by atoms with Crippen molar-refractivity contribution in [3.05, 3.63) is 70.8 Å². The third-order valence-corrected chi connectivity index (χ3v) is 3.80. The van der Waals surface area contributed by atoms with E-state index in [-0.39, 0.29) is 11.9 Å². The molecule has 0 saturated heterocycles. The lowest BCUT2D eigenvalue weighted by atomic mass is 10.0. The van der Waals surface area contributed by atoms with Crippen molar-refractivity contribution in [3.63, 3.8) is 0 Å². The molecule has 0 heterocycles. The standard InChI is InChI=1S/C20H23NO2/c1-14-9-11-18(15(2)13-14)16(3)21-20(22)12-10-17-7-5-6-8-19(17)23-4/h5-13,16H,1-4H3,(H,21,22)/b12-10+/t16-/m1/s1. The normalized spacial score (nSPS) is 12.2. The van der Waals surface area contributed by atoms with Crippen LogP contribution in [0.4, 0.5) is 0 Å². The van der Waals surface area contributed by atoms with Crippen LogP contribution in [0.25, 0.3) is 6.08 Å². The lowest BCUT2D eigenvalue weighted by Crippen LogP contribution is -2.25. The molecule has 0 aliphatic carbocycles. The molecule has 1 N–H and O–H groups in total. The number of benzene rings is 2. The largest absolute Gasteiger partial charge is 0.496 e. The molecule has 2 aromatic carbocycles. The maximum Gasteiger partial charge on any atom is 0.244 e. The molecule has 3 nitrogen and oxygen atoms in total. The van der Waals surface area contributed by atoms with Crippen LogP contribution in [0.3, 0.4) is 0 Å². The van der Waals surface area contributed by atoms with Crippen LogP contribution in [-0.2, 0) is 4.79 Å². The molecule has 1 atom stereocenters. The van der Waals surface area contributed by atoms with Gasteiger partial charge in [0.2, 0.25) is 5.91 Å². The first-order valence-corrected chi connectivity index (χ1v) is 7.70. The molecule has 0 aliphatic heterocycles. The Hall–Kier alpha value is -2.55. The highest BCUT2D eigenvalue weighted by atomic mass is 16.5. The van der Waals surface area contributed by atoms with E-state index in [9.17, 15) is 4.79 Å². The number of ether oxygens (including phenoxy) is 1. The number of carbonyl (C=O) groups excluding carboxylic acids is 1. The second-order valence-corrected chi connectivity index (χ2v) is 5.67. The summed E-state index contributed by atoms with van der Waals surface area (Å²) in [5.74, 6) is 0.627. The number of amides is 1. The Bertz CT molecular complexity index is 719. The Balaban J connectivity index is 2.05. The number of para-hydroxylation sites is 1. The molecule has 0 fully saturated rings. The van der Waals surface area contributed by atoms with E-state index in [1.807, 2.05) is 31.2 Å². The maximum atomic E-state index is 12.1. The second-order valence-electron chi connectivity index (χ2n) is 5.67. The Labute approximate surface area is 138 Å². The Kier molecular flexibility index (Phi) is 5.58. The number of aryl methyl sites for hydroxylation is 2. The van der Waals surface area contributed by atoms with E-state index in [0.717, 1.165) is 16.9 Å². The fourth-order valence-corrected chi connectivity index (χ4v) is 2.62. The average molecular weight is 309 g/mol. The zero-order valence-corrected chi connectivity index (χ0v) is 14.1. The minimum atomic E-state index is -0.122. The number of carbonyl (C=O) groups is 1. The number of hydrogen-bond acceptors (Lipinski definition) is 2. The first kappa shape index (κ1) is 16.8. The summed E-state index contributed by atoms with van der Waals surface area (Å²) in [5, 5.41) is 3.00. The van der Waals surface area contributed by atoms with E-state index in [0.29, 0.717) is 0 Å². The number of nitrogens with one attached hydrogen (secondary N) is 1. The molecule has 0 aliphatic rings. The third-order valence-electron chi connectivity index (χ3n) is 3.80. The highest BCUT2D eigenvalue weighted by Crippen LogP contribution is 2.20. The number of methoxy groups -OCH3 is 1. The van der Waals surface area contributed by atoms with Gasteiger partial charge in [-0.1, -0.05) is 42.0 Å². The molecule has 0 unspecified atom stereocenters. The molecule has 0 bridgehead atoms. The Morgan fingerprint density at radius 1 is 1.17 bits per heavy atom. The highest BCUT2D eigenvalue weighted by Gasteiger charge is 2.10. The lowest BCUT2D eigenvalue weighted by Gasteiger charge is -2.16. The van der Waals surface area contributed by atoms with Gasteiger partial charge >= 0.3 is 0 Å². The third kappa shape index (κ3) is 4.46. The fourth-order valence-electron chi connectivity index (χ4n) is 2.62. The summed E-state index contributed by atoms with van der Waals surface area (Å²) < 4.78 is 5.27. The van der Waals surface area contributed by atoms with E-state index < -0.39 is 0 Å². The molecular weight excluding hydrogens is 286 g/mol. The summed E-state index contributed by atoms with van der Waals surface area (Å²) in [5.41, 5.74) is 4.42. The van der Waals surface area contributed by atoms with Crippen molar-refractivity contribution in [2.75, 3.05) is 7.11 Å². The van der Waals surface area contributed by atoms with Crippen molar-refractivity contribution in [1.82, 2.24) is 5.32 Å². The molecule has 120 valence electrons. The zero-order chi connectivity index (χ0) is 16.8. The van der Waals surface area contributed by atoms with Gasteiger partial charge in [0, 0.05) is 11.6 Å². The molecule has 2 aromatic rings. The minimum Gasteiger partial charge on any atom is -0.496 e. The van der Waals surface area contributed by atoms with Gasteiger partial charge < -0.3 is 10.1 Å². The summed E-state index contributed by atoms with van der Waals surface area (Å²) in [6.45, 7) is 6.12. The van der Waals surface area contributed by atoms with Crippen LogP contribution < -0.4 is 10.1 Å². The second kappa shape index (κ2) is 7.63. The number of rotatable bonds is 5. The van der Waals surface area contributed by atoms with E-state index in [1.54, 1.807) is 13.2 Å². The average Bonchev–Trinajstić information content (AvgIpc) is 2.53. The van der Waals surface area contributed by atoms with Crippen molar-refractivity contribution in [2.24, 2.45) is 0 Å². The summed E-state index contributed by atoms with van der Waals surface area (Å²) in [7, 11) is 1.62. The first-order valence-electron chi connectivity index (χ1n) is 7.70. The van der Waals surface area contributed by atoms with Crippen LogP contribution in [0.2, 0.25) is 0 Å². The predicted molar refractivity (Wildman–Crippen MR) is 94.5 cm³/mol. The summed E-state index contributed by atoms with van der Waals surface area (Å²) in [6, 6.07) is 13.8. The van der Waals surface area contributed by atoms with Crippen LogP contribution in [-0.4, -0.2) is 13.0 Å². The zero-order valence-electron chi connectivity index (χ0n) is 14.1. The maximum absolute atomic E-state index is 12.1.